The highest BCUT2D eigenvalue weighted by Crippen LogP contribution is 2.38. The number of amides is 1. The third-order valence-corrected chi connectivity index (χ3v) is 3.24. The first-order chi connectivity index (χ1) is 7.51. The van der Waals surface area contributed by atoms with Crippen LogP contribution in [0.15, 0.2) is 12.4 Å². The van der Waals surface area contributed by atoms with E-state index in [1.165, 1.54) is 0 Å². The van der Waals surface area contributed by atoms with Crippen molar-refractivity contribution < 1.29 is 4.79 Å². The Hall–Kier alpha value is -1.36. The molecule has 1 aliphatic carbocycles. The number of hydrogen-bond donors (Lipinski definition) is 2. The molecule has 0 spiro atoms. The maximum Gasteiger partial charge on any atom is 0.240 e. The van der Waals surface area contributed by atoms with E-state index in [0.29, 0.717) is 12.5 Å². The molecule has 2 rings (SSSR count). The van der Waals surface area contributed by atoms with Crippen LogP contribution >= 0.6 is 0 Å². The van der Waals surface area contributed by atoms with E-state index in [2.05, 4.69) is 10.3 Å². The molecule has 1 amide bonds. The van der Waals surface area contributed by atoms with Gasteiger partial charge in [0, 0.05) is 19.4 Å². The molecular formula is C11H18N4O. The van der Waals surface area contributed by atoms with E-state index in [0.717, 1.165) is 18.7 Å². The molecule has 0 aromatic carbocycles. The summed E-state index contributed by atoms with van der Waals surface area (Å²) < 4.78 is 1.88. The first kappa shape index (κ1) is 11.1. The van der Waals surface area contributed by atoms with Crippen LogP contribution in [0.1, 0.15) is 25.6 Å². The summed E-state index contributed by atoms with van der Waals surface area (Å²) in [6.07, 6.45) is 5.68. The minimum atomic E-state index is -0.731. The number of aryl methyl sites for hydroxylation is 1. The van der Waals surface area contributed by atoms with Gasteiger partial charge in [-0.25, -0.2) is 4.98 Å². The first-order valence-electron chi connectivity index (χ1n) is 5.55. The molecule has 5 heteroatoms. The largest absolute Gasteiger partial charge is 0.347 e. The summed E-state index contributed by atoms with van der Waals surface area (Å²) >= 11 is 0. The van der Waals surface area contributed by atoms with Crippen LogP contribution in [0.2, 0.25) is 0 Å². The van der Waals surface area contributed by atoms with Crippen molar-refractivity contribution in [3.8, 4) is 0 Å². The molecule has 0 bridgehead atoms. The van der Waals surface area contributed by atoms with E-state index in [-0.39, 0.29) is 5.91 Å². The van der Waals surface area contributed by atoms with E-state index in [9.17, 15) is 4.79 Å². The number of imidazole rings is 1. The van der Waals surface area contributed by atoms with Crippen LogP contribution in [0.5, 0.6) is 0 Å². The van der Waals surface area contributed by atoms with Crippen LogP contribution in [-0.4, -0.2) is 21.0 Å². The fraction of sp³-hybridized carbons (Fsp3) is 0.636. The monoisotopic (exact) mass is 222 g/mol. The summed E-state index contributed by atoms with van der Waals surface area (Å²) in [6.45, 7) is 2.24. The number of nitrogens with one attached hydrogen (secondary N) is 1. The molecule has 1 saturated carbocycles. The molecule has 1 aliphatic rings. The van der Waals surface area contributed by atoms with E-state index in [1.54, 1.807) is 13.1 Å². The zero-order valence-corrected chi connectivity index (χ0v) is 9.73. The van der Waals surface area contributed by atoms with Crippen LogP contribution < -0.4 is 11.1 Å². The number of nitrogens with two attached hydrogens (primary N) is 1. The predicted molar refractivity (Wildman–Crippen MR) is 60.4 cm³/mol. The third kappa shape index (κ3) is 2.09. The summed E-state index contributed by atoms with van der Waals surface area (Å²) in [5.41, 5.74) is 5.27. The molecule has 3 N–H and O–H groups in total. The summed E-state index contributed by atoms with van der Waals surface area (Å²) in [5.74, 6) is 1.09. The van der Waals surface area contributed by atoms with Gasteiger partial charge in [0.05, 0.1) is 12.1 Å². The summed E-state index contributed by atoms with van der Waals surface area (Å²) in [6, 6.07) is 0. The fourth-order valence-electron chi connectivity index (χ4n) is 1.79. The minimum Gasteiger partial charge on any atom is -0.347 e. The number of carbonyl (C=O) groups excluding carboxylic acids is 1. The Bertz CT molecular complexity index is 392. The minimum absolute atomic E-state index is 0.0852. The number of hydrogen-bond acceptors (Lipinski definition) is 3. The smallest absolute Gasteiger partial charge is 0.240 e. The molecule has 1 unspecified atom stereocenters. The molecule has 5 nitrogen and oxygen atoms in total. The summed E-state index contributed by atoms with van der Waals surface area (Å²) in [5, 5.41) is 2.84. The highest BCUT2D eigenvalue weighted by molar-refractivity contribution is 5.86. The lowest BCUT2D eigenvalue weighted by atomic mass is 9.96. The van der Waals surface area contributed by atoms with Gasteiger partial charge in [0.2, 0.25) is 5.91 Å². The van der Waals surface area contributed by atoms with E-state index in [4.69, 9.17) is 5.73 Å². The van der Waals surface area contributed by atoms with Gasteiger partial charge < -0.3 is 15.6 Å². The van der Waals surface area contributed by atoms with Crippen LogP contribution in [-0.2, 0) is 18.4 Å². The molecule has 16 heavy (non-hydrogen) atoms. The van der Waals surface area contributed by atoms with Crippen LogP contribution in [0, 0.1) is 5.92 Å². The van der Waals surface area contributed by atoms with Gasteiger partial charge >= 0.3 is 0 Å². The molecule has 1 fully saturated rings. The zero-order valence-electron chi connectivity index (χ0n) is 9.73. The van der Waals surface area contributed by atoms with Gasteiger partial charge in [0.1, 0.15) is 5.82 Å². The Kier molecular flexibility index (Phi) is 2.71. The molecule has 1 heterocycles. The van der Waals surface area contributed by atoms with Crippen molar-refractivity contribution in [3.63, 3.8) is 0 Å². The number of aromatic nitrogens is 2. The maximum absolute atomic E-state index is 11.9. The Labute approximate surface area is 95.0 Å². The van der Waals surface area contributed by atoms with Gasteiger partial charge in [-0.1, -0.05) is 0 Å². The normalized spacial score (nSPS) is 19.2. The van der Waals surface area contributed by atoms with Crippen molar-refractivity contribution in [1.82, 2.24) is 14.9 Å². The lowest BCUT2D eigenvalue weighted by Crippen LogP contribution is -2.53. The molecule has 88 valence electrons. The standard InChI is InChI=1S/C11H18N4O/c1-11(12,8-3-4-8)10(16)14-7-9-13-5-6-15(9)2/h5-6,8H,3-4,7,12H2,1-2H3,(H,14,16). The Morgan fingerprint density at radius 3 is 2.94 bits per heavy atom. The Morgan fingerprint density at radius 1 is 1.75 bits per heavy atom. The second-order valence-corrected chi connectivity index (χ2v) is 4.69. The van der Waals surface area contributed by atoms with Crippen LogP contribution in [0.3, 0.4) is 0 Å². The Balaban J connectivity index is 1.91. The van der Waals surface area contributed by atoms with Crippen molar-refractivity contribution >= 4 is 5.91 Å². The molecule has 0 saturated heterocycles. The van der Waals surface area contributed by atoms with Crippen molar-refractivity contribution in [2.24, 2.45) is 18.7 Å². The lowest BCUT2D eigenvalue weighted by molar-refractivity contribution is -0.126. The third-order valence-electron chi connectivity index (χ3n) is 3.24. The highest BCUT2D eigenvalue weighted by Gasteiger charge is 2.43. The number of nitrogens with zero attached hydrogens (tertiary/aromatic N) is 2. The van der Waals surface area contributed by atoms with Crippen molar-refractivity contribution in [2.45, 2.75) is 31.8 Å². The van der Waals surface area contributed by atoms with E-state index in [1.807, 2.05) is 17.8 Å². The van der Waals surface area contributed by atoms with Crippen molar-refractivity contribution in [2.75, 3.05) is 0 Å². The molecule has 0 aliphatic heterocycles. The second-order valence-electron chi connectivity index (χ2n) is 4.69. The van der Waals surface area contributed by atoms with Gasteiger partial charge in [-0.2, -0.15) is 0 Å². The Morgan fingerprint density at radius 2 is 2.44 bits per heavy atom. The zero-order chi connectivity index (χ0) is 11.8. The quantitative estimate of drug-likeness (QED) is 0.762. The van der Waals surface area contributed by atoms with Crippen molar-refractivity contribution in [1.29, 1.82) is 0 Å². The average molecular weight is 222 g/mol. The van der Waals surface area contributed by atoms with Gasteiger partial charge in [-0.15, -0.1) is 0 Å². The number of rotatable bonds is 4. The topological polar surface area (TPSA) is 72.9 Å². The van der Waals surface area contributed by atoms with Crippen LogP contribution in [0.25, 0.3) is 0 Å². The first-order valence-corrected chi connectivity index (χ1v) is 5.55. The van der Waals surface area contributed by atoms with Crippen LogP contribution in [0.4, 0.5) is 0 Å². The lowest BCUT2D eigenvalue weighted by Gasteiger charge is -2.22. The molecular weight excluding hydrogens is 204 g/mol. The van der Waals surface area contributed by atoms with Gasteiger partial charge in [0.15, 0.2) is 0 Å². The van der Waals surface area contributed by atoms with Gasteiger partial charge in [-0.05, 0) is 25.7 Å². The molecule has 1 aromatic rings. The van der Waals surface area contributed by atoms with Gasteiger partial charge in [-0.3, -0.25) is 4.79 Å². The second kappa shape index (κ2) is 3.90. The fourth-order valence-corrected chi connectivity index (χ4v) is 1.79. The van der Waals surface area contributed by atoms with E-state index >= 15 is 0 Å². The highest BCUT2D eigenvalue weighted by atomic mass is 16.2. The van der Waals surface area contributed by atoms with E-state index < -0.39 is 5.54 Å². The van der Waals surface area contributed by atoms with Crippen molar-refractivity contribution in [3.05, 3.63) is 18.2 Å². The summed E-state index contributed by atoms with van der Waals surface area (Å²) in [4.78, 5) is 16.0. The van der Waals surface area contributed by atoms with Gasteiger partial charge in [0.25, 0.3) is 0 Å². The molecule has 0 radical (unpaired) electrons. The summed E-state index contributed by atoms with van der Waals surface area (Å²) in [7, 11) is 1.90. The average Bonchev–Trinajstić information content (AvgIpc) is 3.01. The predicted octanol–water partition coefficient (Wildman–Crippen LogP) is 0.164. The molecule has 1 aromatic heterocycles. The number of carbonyl (C=O) groups is 1. The maximum atomic E-state index is 11.9. The SMILES string of the molecule is Cn1ccnc1CNC(=O)C(C)(N)C1CC1. The molecule has 1 atom stereocenters.